The van der Waals surface area contributed by atoms with Gasteiger partial charge in [0.25, 0.3) is 0 Å². The van der Waals surface area contributed by atoms with Crippen molar-refractivity contribution in [2.45, 2.75) is 50.2 Å². The van der Waals surface area contributed by atoms with Crippen molar-refractivity contribution in [1.29, 1.82) is 0 Å². The number of carbonyl (C=O) groups is 1. The average Bonchev–Trinajstić information content (AvgIpc) is 3.74. The number of rotatable bonds is 5. The van der Waals surface area contributed by atoms with E-state index in [-0.39, 0.29) is 30.5 Å². The Balaban J connectivity index is 1.21. The summed E-state index contributed by atoms with van der Waals surface area (Å²) in [5.74, 6) is 0.112. The number of fused-ring (bicyclic) bond motifs is 1. The topological polar surface area (TPSA) is 150 Å². The Hall–Kier alpha value is -4.23. The molecule has 11 nitrogen and oxygen atoms in total. The molecule has 0 aromatic carbocycles. The number of anilines is 3. The van der Waals surface area contributed by atoms with Crippen LogP contribution >= 0.6 is 0 Å². The van der Waals surface area contributed by atoms with Crippen LogP contribution in [0.25, 0.3) is 22.4 Å². The van der Waals surface area contributed by atoms with E-state index >= 15 is 0 Å². The molecule has 0 bridgehead atoms. The summed E-state index contributed by atoms with van der Waals surface area (Å²) in [4.78, 5) is 25.3. The van der Waals surface area contributed by atoms with Crippen LogP contribution in [0.5, 0.6) is 0 Å². The second kappa shape index (κ2) is 7.63. The fourth-order valence-corrected chi connectivity index (χ4v) is 4.20. The SMILES string of the molecule is Cc1cc(-c2nn(C3CC3)c3ncnc(N)c23)ncc1NC(=O)Nc1cc(C2(C(F)(F)F)CC2)no1. The first kappa shape index (κ1) is 22.2. The first-order valence-electron chi connectivity index (χ1n) is 11.2. The first-order chi connectivity index (χ1) is 17.2. The number of amides is 2. The zero-order chi connectivity index (χ0) is 25.2. The summed E-state index contributed by atoms with van der Waals surface area (Å²) >= 11 is 0. The van der Waals surface area contributed by atoms with Crippen LogP contribution in [0.3, 0.4) is 0 Å². The molecular weight excluding hydrogens is 479 g/mol. The molecule has 2 amide bonds. The number of nitrogens with zero attached hydrogens (tertiary/aromatic N) is 6. The smallest absolute Gasteiger partial charge is 0.383 e. The molecule has 14 heteroatoms. The van der Waals surface area contributed by atoms with Gasteiger partial charge in [-0.1, -0.05) is 5.16 Å². The highest BCUT2D eigenvalue weighted by Gasteiger charge is 2.66. The number of nitrogen functional groups attached to an aromatic ring is 1. The van der Waals surface area contributed by atoms with E-state index in [2.05, 4.69) is 35.8 Å². The highest BCUT2D eigenvalue weighted by Crippen LogP contribution is 2.58. The summed E-state index contributed by atoms with van der Waals surface area (Å²) in [5.41, 5.74) is 6.67. The van der Waals surface area contributed by atoms with Gasteiger partial charge in [-0.3, -0.25) is 10.3 Å². The Labute approximate surface area is 201 Å². The molecule has 2 aliphatic rings. The molecule has 186 valence electrons. The van der Waals surface area contributed by atoms with Gasteiger partial charge in [-0.2, -0.15) is 18.3 Å². The third kappa shape index (κ3) is 3.60. The maximum Gasteiger partial charge on any atom is 0.400 e. The number of alkyl halides is 3. The third-order valence-corrected chi connectivity index (χ3v) is 6.54. The normalized spacial score (nSPS) is 16.8. The molecule has 2 fully saturated rings. The minimum absolute atomic E-state index is 0.0577. The van der Waals surface area contributed by atoms with Crippen molar-refractivity contribution in [2.24, 2.45) is 0 Å². The van der Waals surface area contributed by atoms with Crippen LogP contribution in [-0.2, 0) is 5.41 Å². The van der Waals surface area contributed by atoms with Crippen LogP contribution in [0, 0.1) is 6.92 Å². The number of halogens is 3. The number of nitrogens with two attached hydrogens (primary N) is 1. The van der Waals surface area contributed by atoms with Crippen LogP contribution in [0.4, 0.5) is 35.4 Å². The monoisotopic (exact) mass is 499 g/mol. The molecule has 0 aliphatic heterocycles. The summed E-state index contributed by atoms with van der Waals surface area (Å²) in [6.07, 6.45) is 0.335. The molecule has 0 atom stereocenters. The lowest BCUT2D eigenvalue weighted by Crippen LogP contribution is -2.28. The van der Waals surface area contributed by atoms with Crippen molar-refractivity contribution in [1.82, 2.24) is 29.9 Å². The van der Waals surface area contributed by atoms with Gasteiger partial charge in [0.05, 0.1) is 29.0 Å². The number of hydrogen-bond donors (Lipinski definition) is 3. The van der Waals surface area contributed by atoms with Crippen LogP contribution in [0.1, 0.15) is 43.0 Å². The van der Waals surface area contributed by atoms with E-state index in [9.17, 15) is 18.0 Å². The zero-order valence-corrected chi connectivity index (χ0v) is 18.9. The molecule has 4 N–H and O–H groups in total. The van der Waals surface area contributed by atoms with Crippen molar-refractivity contribution < 1.29 is 22.5 Å². The standard InChI is InChI=1S/C22H20F3N9O2/c1-10-6-12(17-16-18(26)28-9-29-19(16)34(32-17)11-2-3-11)27-8-13(10)30-20(35)31-15-7-14(33-36-15)21(4-5-21)22(23,24)25/h6-9,11H,2-5H2,1H3,(H2,26,28,29)(H2,30,31,35). The van der Waals surface area contributed by atoms with Gasteiger partial charge in [-0.25, -0.2) is 19.4 Å². The molecule has 4 heterocycles. The maximum atomic E-state index is 13.3. The molecule has 6 rings (SSSR count). The van der Waals surface area contributed by atoms with Crippen molar-refractivity contribution in [3.8, 4) is 11.4 Å². The van der Waals surface area contributed by atoms with Crippen molar-refractivity contribution in [2.75, 3.05) is 16.4 Å². The molecule has 2 aliphatic carbocycles. The second-order valence-corrected chi connectivity index (χ2v) is 9.10. The third-order valence-electron chi connectivity index (χ3n) is 6.54. The van der Waals surface area contributed by atoms with Crippen LogP contribution in [0.2, 0.25) is 0 Å². The fourth-order valence-electron chi connectivity index (χ4n) is 4.20. The Morgan fingerprint density at radius 2 is 1.97 bits per heavy atom. The lowest BCUT2D eigenvalue weighted by atomic mass is 10.0. The molecule has 0 saturated heterocycles. The van der Waals surface area contributed by atoms with E-state index in [1.54, 1.807) is 13.0 Å². The van der Waals surface area contributed by atoms with Gasteiger partial charge in [0, 0.05) is 6.07 Å². The summed E-state index contributed by atoms with van der Waals surface area (Å²) in [6, 6.07) is 2.40. The quantitative estimate of drug-likeness (QED) is 0.367. The Kier molecular flexibility index (Phi) is 4.72. The molecule has 36 heavy (non-hydrogen) atoms. The van der Waals surface area contributed by atoms with Gasteiger partial charge in [0.15, 0.2) is 5.65 Å². The van der Waals surface area contributed by atoms with Gasteiger partial charge < -0.3 is 15.6 Å². The Bertz CT molecular complexity index is 1500. The molecule has 0 radical (unpaired) electrons. The molecule has 2 saturated carbocycles. The van der Waals surface area contributed by atoms with Crippen molar-refractivity contribution >= 4 is 34.5 Å². The Morgan fingerprint density at radius 1 is 1.19 bits per heavy atom. The summed E-state index contributed by atoms with van der Waals surface area (Å²) < 4.78 is 46.6. The van der Waals surface area contributed by atoms with Gasteiger partial charge in [0.1, 0.15) is 28.9 Å². The van der Waals surface area contributed by atoms with Gasteiger partial charge in [-0.15, -0.1) is 0 Å². The van der Waals surface area contributed by atoms with E-state index in [0.29, 0.717) is 39.5 Å². The number of pyridine rings is 1. The van der Waals surface area contributed by atoms with E-state index < -0.39 is 17.6 Å². The van der Waals surface area contributed by atoms with E-state index in [1.165, 1.54) is 12.5 Å². The van der Waals surface area contributed by atoms with Crippen molar-refractivity contribution in [3.63, 3.8) is 0 Å². The largest absolute Gasteiger partial charge is 0.400 e. The molecule has 0 unspecified atom stereocenters. The number of urea groups is 1. The lowest BCUT2D eigenvalue weighted by molar-refractivity contribution is -0.161. The summed E-state index contributed by atoms with van der Waals surface area (Å²) in [5, 5.41) is 13.8. The van der Waals surface area contributed by atoms with Crippen LogP contribution < -0.4 is 16.4 Å². The molecular formula is C22H20F3N9O2. The van der Waals surface area contributed by atoms with E-state index in [1.807, 2.05) is 4.68 Å². The Morgan fingerprint density at radius 3 is 2.64 bits per heavy atom. The second-order valence-electron chi connectivity index (χ2n) is 9.10. The molecule has 0 spiro atoms. The van der Waals surface area contributed by atoms with Crippen molar-refractivity contribution in [3.05, 3.63) is 35.9 Å². The zero-order valence-electron chi connectivity index (χ0n) is 18.9. The number of nitrogens with one attached hydrogen (secondary N) is 2. The minimum Gasteiger partial charge on any atom is -0.383 e. The number of aryl methyl sites for hydroxylation is 1. The van der Waals surface area contributed by atoms with Gasteiger partial charge in [0.2, 0.25) is 5.88 Å². The maximum absolute atomic E-state index is 13.3. The van der Waals surface area contributed by atoms with Crippen LogP contribution in [-0.4, -0.2) is 42.1 Å². The predicted molar refractivity (Wildman–Crippen MR) is 122 cm³/mol. The molecule has 4 aromatic rings. The lowest BCUT2D eigenvalue weighted by Gasteiger charge is -2.15. The van der Waals surface area contributed by atoms with E-state index in [0.717, 1.165) is 18.9 Å². The number of carbonyl (C=O) groups excluding carboxylic acids is 1. The first-order valence-corrected chi connectivity index (χ1v) is 11.2. The predicted octanol–water partition coefficient (Wildman–Crippen LogP) is 4.34. The van der Waals surface area contributed by atoms with Gasteiger partial charge in [-0.05, 0) is 44.2 Å². The highest BCUT2D eigenvalue weighted by molar-refractivity contribution is 6.00. The van der Waals surface area contributed by atoms with E-state index in [4.69, 9.17) is 10.3 Å². The minimum atomic E-state index is -4.43. The molecule has 4 aromatic heterocycles. The number of aromatic nitrogens is 6. The average molecular weight is 499 g/mol. The highest BCUT2D eigenvalue weighted by atomic mass is 19.4. The summed E-state index contributed by atoms with van der Waals surface area (Å²) in [6.45, 7) is 1.77. The van der Waals surface area contributed by atoms with Crippen LogP contribution in [0.15, 0.2) is 29.2 Å². The number of hydrogen-bond acceptors (Lipinski definition) is 8. The van der Waals surface area contributed by atoms with Gasteiger partial charge >= 0.3 is 12.2 Å². The summed E-state index contributed by atoms with van der Waals surface area (Å²) in [7, 11) is 0. The fraction of sp³-hybridized carbons (Fsp3) is 0.364.